The third kappa shape index (κ3) is 2.28. The molecule has 0 aliphatic heterocycles. The number of hydrogen-bond donors (Lipinski definition) is 2. The van der Waals surface area contributed by atoms with Gasteiger partial charge in [0.05, 0.1) is 16.5 Å². The van der Waals surface area contributed by atoms with Gasteiger partial charge >= 0.3 is 11.9 Å². The van der Waals surface area contributed by atoms with Crippen LogP contribution in [0, 0.1) is 0 Å². The monoisotopic (exact) mass is 272 g/mol. The number of H-pyrrole nitrogens is 2. The Bertz CT molecular complexity index is 786. The Balaban J connectivity index is 2.97. The molecule has 0 aliphatic carbocycles. The summed E-state index contributed by atoms with van der Waals surface area (Å²) in [5.41, 5.74) is -3.84. The second kappa shape index (κ2) is 4.08. The number of carbonyl (C=O) groups excluding carboxylic acids is 1. The third-order valence-corrected chi connectivity index (χ3v) is 2.56. The molecule has 0 atom stereocenters. The first kappa shape index (κ1) is 13.1. The SMILES string of the molecule is CC(=O)c1cc2c(=O)[nH]c(=O)[nH]c2cc1C(F)(F)F. The average Bonchev–Trinajstić information content (AvgIpc) is 2.25. The highest BCUT2D eigenvalue weighted by molar-refractivity contribution is 5.99. The van der Waals surface area contributed by atoms with Crippen molar-refractivity contribution in [2.75, 3.05) is 0 Å². The molecule has 0 bridgehead atoms. The summed E-state index contributed by atoms with van der Waals surface area (Å²) in [5.74, 6) is -0.820. The minimum Gasteiger partial charge on any atom is -0.307 e. The fourth-order valence-corrected chi connectivity index (χ4v) is 1.74. The van der Waals surface area contributed by atoms with Crippen molar-refractivity contribution in [1.82, 2.24) is 9.97 Å². The van der Waals surface area contributed by atoms with Gasteiger partial charge in [0.2, 0.25) is 0 Å². The van der Waals surface area contributed by atoms with Gasteiger partial charge in [-0.1, -0.05) is 0 Å². The van der Waals surface area contributed by atoms with Gasteiger partial charge in [0.1, 0.15) is 0 Å². The second-order valence-corrected chi connectivity index (χ2v) is 3.91. The predicted molar refractivity (Wildman–Crippen MR) is 60.2 cm³/mol. The van der Waals surface area contributed by atoms with Crippen LogP contribution in [0.15, 0.2) is 21.7 Å². The molecular formula is C11H7F3N2O3. The number of halogens is 3. The van der Waals surface area contributed by atoms with Crippen molar-refractivity contribution in [3.8, 4) is 0 Å². The number of hydrogen-bond acceptors (Lipinski definition) is 3. The van der Waals surface area contributed by atoms with E-state index < -0.39 is 34.3 Å². The lowest BCUT2D eigenvalue weighted by atomic mass is 10.0. The van der Waals surface area contributed by atoms with Crippen LogP contribution < -0.4 is 11.2 Å². The van der Waals surface area contributed by atoms with Crippen LogP contribution in [0.25, 0.3) is 10.9 Å². The van der Waals surface area contributed by atoms with Crippen LogP contribution in [-0.2, 0) is 6.18 Å². The van der Waals surface area contributed by atoms with Crippen molar-refractivity contribution < 1.29 is 18.0 Å². The zero-order valence-corrected chi connectivity index (χ0v) is 9.51. The number of carbonyl (C=O) groups is 1. The molecule has 19 heavy (non-hydrogen) atoms. The van der Waals surface area contributed by atoms with Crippen LogP contribution in [0.5, 0.6) is 0 Å². The number of nitrogens with one attached hydrogen (secondary N) is 2. The highest BCUT2D eigenvalue weighted by Crippen LogP contribution is 2.33. The van der Waals surface area contributed by atoms with E-state index in [4.69, 9.17) is 0 Å². The molecule has 5 nitrogen and oxygen atoms in total. The van der Waals surface area contributed by atoms with Gasteiger partial charge in [-0.25, -0.2) is 4.79 Å². The van der Waals surface area contributed by atoms with E-state index in [9.17, 15) is 27.6 Å². The quantitative estimate of drug-likeness (QED) is 0.770. The largest absolute Gasteiger partial charge is 0.417 e. The summed E-state index contributed by atoms with van der Waals surface area (Å²) in [6.07, 6.45) is -4.76. The molecule has 2 N–H and O–H groups in total. The summed E-state index contributed by atoms with van der Waals surface area (Å²) in [6.45, 7) is 0.969. The van der Waals surface area contributed by atoms with Gasteiger partial charge in [0, 0.05) is 5.56 Å². The Morgan fingerprint density at radius 3 is 2.32 bits per heavy atom. The van der Waals surface area contributed by atoms with Gasteiger partial charge in [-0.3, -0.25) is 14.6 Å². The van der Waals surface area contributed by atoms with Crippen molar-refractivity contribution >= 4 is 16.7 Å². The lowest BCUT2D eigenvalue weighted by Crippen LogP contribution is -2.23. The van der Waals surface area contributed by atoms with Crippen molar-refractivity contribution in [1.29, 1.82) is 0 Å². The van der Waals surface area contributed by atoms with Gasteiger partial charge in [0.15, 0.2) is 5.78 Å². The van der Waals surface area contributed by atoms with E-state index in [0.29, 0.717) is 6.07 Å². The molecule has 0 saturated heterocycles. The van der Waals surface area contributed by atoms with Crippen molar-refractivity contribution in [2.45, 2.75) is 13.1 Å². The molecule has 0 unspecified atom stereocenters. The number of fused-ring (bicyclic) bond motifs is 1. The molecule has 100 valence electrons. The van der Waals surface area contributed by atoms with Crippen molar-refractivity contribution in [3.05, 3.63) is 44.1 Å². The van der Waals surface area contributed by atoms with Gasteiger partial charge in [-0.2, -0.15) is 13.2 Å². The van der Waals surface area contributed by atoms with E-state index in [1.54, 1.807) is 0 Å². The minimum atomic E-state index is -4.76. The van der Waals surface area contributed by atoms with Crippen molar-refractivity contribution in [2.24, 2.45) is 0 Å². The van der Waals surface area contributed by atoms with E-state index in [2.05, 4.69) is 4.98 Å². The number of benzene rings is 1. The summed E-state index contributed by atoms with van der Waals surface area (Å²) < 4.78 is 38.4. The minimum absolute atomic E-state index is 0.183. The van der Waals surface area contributed by atoms with Crippen LogP contribution in [0.4, 0.5) is 13.2 Å². The Hall–Kier alpha value is -2.38. The predicted octanol–water partition coefficient (Wildman–Crippen LogP) is 1.44. The molecule has 0 amide bonds. The van der Waals surface area contributed by atoms with Crippen molar-refractivity contribution in [3.63, 3.8) is 0 Å². The average molecular weight is 272 g/mol. The van der Waals surface area contributed by atoms with Crippen LogP contribution >= 0.6 is 0 Å². The topological polar surface area (TPSA) is 82.8 Å². The first-order valence-electron chi connectivity index (χ1n) is 5.08. The molecule has 0 spiro atoms. The van der Waals surface area contributed by atoms with Crippen LogP contribution in [0.1, 0.15) is 22.8 Å². The summed E-state index contributed by atoms with van der Waals surface area (Å²) in [7, 11) is 0. The number of alkyl halides is 3. The summed E-state index contributed by atoms with van der Waals surface area (Å²) >= 11 is 0. The molecule has 0 saturated carbocycles. The molecule has 0 radical (unpaired) electrons. The molecule has 1 aromatic carbocycles. The zero-order chi connectivity index (χ0) is 14.4. The lowest BCUT2D eigenvalue weighted by molar-refractivity contribution is -0.137. The van der Waals surface area contributed by atoms with Gasteiger partial charge in [-0.15, -0.1) is 0 Å². The molecule has 0 aliphatic rings. The molecule has 0 fully saturated rings. The van der Waals surface area contributed by atoms with E-state index in [1.165, 1.54) is 0 Å². The van der Waals surface area contributed by atoms with E-state index in [1.807, 2.05) is 4.98 Å². The standard InChI is InChI=1S/C11H7F3N2O3/c1-4(17)5-2-6-8(3-7(5)11(12,13)14)15-10(19)16-9(6)18/h2-3H,1H3,(H2,15,16,18,19). The fraction of sp³-hybridized carbons (Fsp3) is 0.182. The number of ketones is 1. The Kier molecular flexibility index (Phi) is 2.80. The molecule has 8 heteroatoms. The molecule has 2 aromatic rings. The van der Waals surface area contributed by atoms with E-state index >= 15 is 0 Å². The van der Waals surface area contributed by atoms with Gasteiger partial charge < -0.3 is 4.98 Å². The summed E-state index contributed by atoms with van der Waals surface area (Å²) in [4.78, 5) is 37.7. The zero-order valence-electron chi connectivity index (χ0n) is 9.51. The molecular weight excluding hydrogens is 265 g/mol. The first-order chi connectivity index (χ1) is 8.70. The Morgan fingerprint density at radius 2 is 1.79 bits per heavy atom. The summed E-state index contributed by atoms with van der Waals surface area (Å²) in [5, 5.41) is -0.183. The van der Waals surface area contributed by atoms with Gasteiger partial charge in [0.25, 0.3) is 5.56 Å². The highest BCUT2D eigenvalue weighted by Gasteiger charge is 2.35. The third-order valence-electron chi connectivity index (χ3n) is 2.56. The lowest BCUT2D eigenvalue weighted by Gasteiger charge is -2.11. The van der Waals surface area contributed by atoms with Crippen LogP contribution in [-0.4, -0.2) is 15.8 Å². The highest BCUT2D eigenvalue weighted by atomic mass is 19.4. The Morgan fingerprint density at radius 1 is 1.16 bits per heavy atom. The smallest absolute Gasteiger partial charge is 0.307 e. The maximum Gasteiger partial charge on any atom is 0.417 e. The fourth-order valence-electron chi connectivity index (χ4n) is 1.74. The number of rotatable bonds is 1. The maximum absolute atomic E-state index is 12.8. The summed E-state index contributed by atoms with van der Waals surface area (Å²) in [6, 6.07) is 1.41. The molecule has 1 heterocycles. The molecule has 2 rings (SSSR count). The Labute approximate surface area is 103 Å². The second-order valence-electron chi connectivity index (χ2n) is 3.91. The van der Waals surface area contributed by atoms with E-state index in [0.717, 1.165) is 13.0 Å². The first-order valence-corrected chi connectivity index (χ1v) is 5.08. The normalized spacial score (nSPS) is 11.8. The number of aromatic amines is 2. The van der Waals surface area contributed by atoms with Gasteiger partial charge in [-0.05, 0) is 19.1 Å². The maximum atomic E-state index is 12.8. The van der Waals surface area contributed by atoms with E-state index in [-0.39, 0.29) is 10.9 Å². The number of aromatic nitrogens is 2. The van der Waals surface area contributed by atoms with Crippen LogP contribution in [0.2, 0.25) is 0 Å². The number of Topliss-reactive ketones (excluding diaryl/α,β-unsaturated/α-hetero) is 1. The van der Waals surface area contributed by atoms with Crippen LogP contribution in [0.3, 0.4) is 0 Å². The molecule has 1 aromatic heterocycles.